The van der Waals surface area contributed by atoms with Crippen LogP contribution in [0.4, 0.5) is 11.4 Å². The Morgan fingerprint density at radius 2 is 1.89 bits per heavy atom. The smallest absolute Gasteiger partial charge is 0.261 e. The minimum absolute atomic E-state index is 0.0377. The molecule has 3 rings (SSSR count). The number of methoxy groups -OCH3 is 1. The van der Waals surface area contributed by atoms with Gasteiger partial charge in [-0.3, -0.25) is 14.4 Å². The van der Waals surface area contributed by atoms with E-state index in [1.807, 2.05) is 0 Å². The molecule has 0 fully saturated rings. The second-order valence-electron chi connectivity index (χ2n) is 6.17. The minimum atomic E-state index is -0.604. The maximum atomic E-state index is 12.9. The Hall–Kier alpha value is -3.32. The molecule has 0 radical (unpaired) electrons. The van der Waals surface area contributed by atoms with Gasteiger partial charge in [0.25, 0.3) is 5.91 Å². The zero-order chi connectivity index (χ0) is 20.4. The van der Waals surface area contributed by atoms with E-state index >= 15 is 0 Å². The number of nitrogens with one attached hydrogen (secondary N) is 2. The third kappa shape index (κ3) is 3.70. The zero-order valence-corrected chi connectivity index (χ0v) is 16.3. The van der Waals surface area contributed by atoms with Crippen LogP contribution >= 0.6 is 11.6 Å². The summed E-state index contributed by atoms with van der Waals surface area (Å²) in [5.74, 6) is -0.320. The summed E-state index contributed by atoms with van der Waals surface area (Å²) in [4.78, 5) is 36.9. The van der Waals surface area contributed by atoms with E-state index < -0.39 is 11.3 Å². The fraction of sp³-hybridized carbons (Fsp3) is 0.150. The van der Waals surface area contributed by atoms with Gasteiger partial charge in [-0.15, -0.1) is 0 Å². The molecule has 0 aliphatic carbocycles. The highest BCUT2D eigenvalue weighted by Gasteiger charge is 2.18. The number of anilines is 2. The number of para-hydroxylation sites is 1. The number of carbonyl (C=O) groups excluding carboxylic acids is 2. The Balaban J connectivity index is 2.02. The van der Waals surface area contributed by atoms with E-state index in [1.165, 1.54) is 26.3 Å². The number of hydrogen-bond acceptors (Lipinski definition) is 4. The first-order valence-corrected chi connectivity index (χ1v) is 8.74. The van der Waals surface area contributed by atoms with E-state index in [0.717, 1.165) is 0 Å². The summed E-state index contributed by atoms with van der Waals surface area (Å²) in [7, 11) is 3.25. The molecule has 0 bridgehead atoms. The van der Waals surface area contributed by atoms with E-state index in [4.69, 9.17) is 16.3 Å². The topological polar surface area (TPSA) is 89.4 Å². The SMILES string of the molecule is COc1cccc2c(=O)c(C(=O)Nc3cc(NC(C)=O)ccc3Cl)cn(C)c12. The monoisotopic (exact) mass is 399 g/mol. The van der Waals surface area contributed by atoms with Crippen LogP contribution in [0.15, 0.2) is 47.4 Å². The van der Waals surface area contributed by atoms with Crippen molar-refractivity contribution in [1.29, 1.82) is 0 Å². The number of amides is 2. The van der Waals surface area contributed by atoms with Gasteiger partial charge >= 0.3 is 0 Å². The van der Waals surface area contributed by atoms with Gasteiger partial charge in [0.2, 0.25) is 11.3 Å². The van der Waals surface area contributed by atoms with Crippen LogP contribution in [0.3, 0.4) is 0 Å². The van der Waals surface area contributed by atoms with Crippen LogP contribution in [0, 0.1) is 0 Å². The number of ether oxygens (including phenoxy) is 1. The van der Waals surface area contributed by atoms with Gasteiger partial charge in [-0.25, -0.2) is 0 Å². The molecule has 1 aromatic heterocycles. The van der Waals surface area contributed by atoms with Crippen molar-refractivity contribution >= 4 is 45.7 Å². The van der Waals surface area contributed by atoms with Gasteiger partial charge in [-0.05, 0) is 30.3 Å². The van der Waals surface area contributed by atoms with Gasteiger partial charge in [-0.2, -0.15) is 0 Å². The van der Waals surface area contributed by atoms with Crippen LogP contribution in [-0.2, 0) is 11.8 Å². The molecule has 2 amide bonds. The van der Waals surface area contributed by atoms with Gasteiger partial charge in [0.1, 0.15) is 11.3 Å². The van der Waals surface area contributed by atoms with Crippen LogP contribution in [0.2, 0.25) is 5.02 Å². The second kappa shape index (κ2) is 7.74. The first kappa shape index (κ1) is 19.4. The van der Waals surface area contributed by atoms with Crippen LogP contribution < -0.4 is 20.8 Å². The first-order valence-electron chi connectivity index (χ1n) is 8.36. The Labute approximate surface area is 165 Å². The Kier molecular flexibility index (Phi) is 5.37. The summed E-state index contributed by atoms with van der Waals surface area (Å²) < 4.78 is 6.97. The van der Waals surface area contributed by atoms with E-state index in [0.29, 0.717) is 22.3 Å². The molecule has 0 aliphatic heterocycles. The number of benzene rings is 2. The number of aryl methyl sites for hydroxylation is 1. The fourth-order valence-corrected chi connectivity index (χ4v) is 3.11. The maximum Gasteiger partial charge on any atom is 0.261 e. The summed E-state index contributed by atoms with van der Waals surface area (Å²) in [6.07, 6.45) is 1.45. The van der Waals surface area contributed by atoms with Crippen molar-refractivity contribution in [2.75, 3.05) is 17.7 Å². The number of halogens is 1. The van der Waals surface area contributed by atoms with Gasteiger partial charge in [0.15, 0.2) is 0 Å². The van der Waals surface area contributed by atoms with Crippen LogP contribution in [-0.4, -0.2) is 23.5 Å². The Morgan fingerprint density at radius 1 is 1.14 bits per heavy atom. The summed E-state index contributed by atoms with van der Waals surface area (Å²) >= 11 is 6.14. The van der Waals surface area contributed by atoms with Crippen molar-refractivity contribution in [2.45, 2.75) is 6.92 Å². The molecular formula is C20H18ClN3O4. The first-order chi connectivity index (χ1) is 13.3. The van der Waals surface area contributed by atoms with Crippen LogP contribution in [0.5, 0.6) is 5.75 Å². The quantitative estimate of drug-likeness (QED) is 0.703. The number of nitrogens with zero attached hydrogens (tertiary/aromatic N) is 1. The summed E-state index contributed by atoms with van der Waals surface area (Å²) in [6, 6.07) is 9.76. The maximum absolute atomic E-state index is 12.9. The molecule has 2 aromatic carbocycles. The number of hydrogen-bond donors (Lipinski definition) is 2. The average molecular weight is 400 g/mol. The number of rotatable bonds is 4. The predicted molar refractivity (Wildman–Crippen MR) is 109 cm³/mol. The fourth-order valence-electron chi connectivity index (χ4n) is 2.95. The Bertz CT molecular complexity index is 1150. The number of pyridine rings is 1. The summed E-state index contributed by atoms with van der Waals surface area (Å²) in [5.41, 5.74) is 0.897. The highest BCUT2D eigenvalue weighted by Crippen LogP contribution is 2.27. The third-order valence-corrected chi connectivity index (χ3v) is 4.49. The number of aromatic nitrogens is 1. The lowest BCUT2D eigenvalue weighted by Gasteiger charge is -2.13. The molecule has 0 atom stereocenters. The highest BCUT2D eigenvalue weighted by atomic mass is 35.5. The molecule has 3 aromatic rings. The highest BCUT2D eigenvalue weighted by molar-refractivity contribution is 6.34. The lowest BCUT2D eigenvalue weighted by Crippen LogP contribution is -2.23. The van der Waals surface area contributed by atoms with E-state index in [1.54, 1.807) is 41.9 Å². The van der Waals surface area contributed by atoms with Crippen molar-refractivity contribution in [3.63, 3.8) is 0 Å². The van der Waals surface area contributed by atoms with E-state index in [9.17, 15) is 14.4 Å². The van der Waals surface area contributed by atoms with Crippen LogP contribution in [0.1, 0.15) is 17.3 Å². The molecule has 144 valence electrons. The van der Waals surface area contributed by atoms with E-state index in [-0.39, 0.29) is 22.2 Å². The third-order valence-electron chi connectivity index (χ3n) is 4.16. The molecule has 0 saturated carbocycles. The minimum Gasteiger partial charge on any atom is -0.495 e. The normalized spacial score (nSPS) is 10.6. The molecule has 0 spiro atoms. The molecular weight excluding hydrogens is 382 g/mol. The van der Waals surface area contributed by atoms with Crippen LogP contribution in [0.25, 0.3) is 10.9 Å². The van der Waals surface area contributed by atoms with Crippen molar-refractivity contribution in [3.8, 4) is 5.75 Å². The molecule has 0 aliphatic rings. The van der Waals surface area contributed by atoms with E-state index in [2.05, 4.69) is 10.6 Å². The van der Waals surface area contributed by atoms with Gasteiger partial charge in [-0.1, -0.05) is 17.7 Å². The molecule has 0 saturated heterocycles. The molecule has 7 nitrogen and oxygen atoms in total. The second-order valence-corrected chi connectivity index (χ2v) is 6.58. The molecule has 28 heavy (non-hydrogen) atoms. The Morgan fingerprint density at radius 3 is 2.57 bits per heavy atom. The average Bonchev–Trinajstić information content (AvgIpc) is 2.66. The zero-order valence-electron chi connectivity index (χ0n) is 15.5. The largest absolute Gasteiger partial charge is 0.495 e. The van der Waals surface area contributed by atoms with Gasteiger partial charge < -0.3 is 19.9 Å². The lowest BCUT2D eigenvalue weighted by molar-refractivity contribution is -0.114. The number of fused-ring (bicyclic) bond motifs is 1. The van der Waals surface area contributed by atoms with Crippen molar-refractivity contribution in [3.05, 3.63) is 63.4 Å². The lowest BCUT2D eigenvalue weighted by atomic mass is 10.1. The van der Waals surface area contributed by atoms with Gasteiger partial charge in [0, 0.05) is 25.9 Å². The van der Waals surface area contributed by atoms with Crippen molar-refractivity contribution < 1.29 is 14.3 Å². The predicted octanol–water partition coefficient (Wildman–Crippen LogP) is 3.41. The molecule has 1 heterocycles. The summed E-state index contributed by atoms with van der Waals surface area (Å²) in [5, 5.41) is 5.90. The summed E-state index contributed by atoms with van der Waals surface area (Å²) in [6.45, 7) is 1.37. The standard InChI is InChI=1S/C20H18ClN3O4/c1-11(25)22-12-7-8-15(21)16(9-12)23-20(27)14-10-24(2)18-13(19(14)26)5-4-6-17(18)28-3/h4-10H,1-3H3,(H,22,25)(H,23,27). The molecule has 2 N–H and O–H groups in total. The van der Waals surface area contributed by atoms with Crippen molar-refractivity contribution in [1.82, 2.24) is 4.57 Å². The van der Waals surface area contributed by atoms with Gasteiger partial charge in [0.05, 0.1) is 28.7 Å². The number of carbonyl (C=O) groups is 2. The molecule has 8 heteroatoms. The van der Waals surface area contributed by atoms with Crippen molar-refractivity contribution in [2.24, 2.45) is 7.05 Å². The molecule has 0 unspecified atom stereocenters.